The first-order chi connectivity index (χ1) is 20.1. The molecule has 41 heavy (non-hydrogen) atoms. The van der Waals surface area contributed by atoms with Gasteiger partial charge in [-0.05, 0) is 67.9 Å². The highest BCUT2D eigenvalue weighted by atomic mass is 32.1. The van der Waals surface area contributed by atoms with Gasteiger partial charge in [0, 0.05) is 43.8 Å². The van der Waals surface area contributed by atoms with Crippen molar-refractivity contribution in [2.24, 2.45) is 0 Å². The van der Waals surface area contributed by atoms with Crippen molar-refractivity contribution in [2.75, 3.05) is 16.8 Å². The molecule has 9 rings (SSSR count). The molecule has 0 saturated heterocycles. The minimum atomic E-state index is -0.181. The lowest BCUT2D eigenvalue weighted by molar-refractivity contribution is -0.570. The Morgan fingerprint density at radius 3 is 2.41 bits per heavy atom. The third-order valence-corrected chi connectivity index (χ3v) is 10.5. The summed E-state index contributed by atoms with van der Waals surface area (Å²) in [5.41, 5.74) is 8.75. The molecule has 0 saturated carbocycles. The number of fused-ring (bicyclic) bond motifs is 9. The van der Waals surface area contributed by atoms with Crippen molar-refractivity contribution >= 4 is 65.3 Å². The SMILES string of the molecule is CC1C[NH2+]c2sc3cc(N4c5ccc(-n6c7ccccc7c7ccccc76)cc5C5C=CC=CC54C)ccc3c2N1. The minimum absolute atomic E-state index is 0.181. The van der Waals surface area contributed by atoms with Crippen LogP contribution in [-0.2, 0) is 0 Å². The number of rotatable bonds is 2. The first-order valence-electron chi connectivity index (χ1n) is 14.6. The molecule has 6 aromatic rings. The highest BCUT2D eigenvalue weighted by Crippen LogP contribution is 2.55. The number of quaternary nitrogens is 1. The summed E-state index contributed by atoms with van der Waals surface area (Å²) in [5, 5.41) is 11.4. The number of hydrogen-bond acceptors (Lipinski definition) is 3. The van der Waals surface area contributed by atoms with E-state index < -0.39 is 0 Å². The predicted octanol–water partition coefficient (Wildman–Crippen LogP) is 8.13. The Bertz CT molecular complexity index is 2040. The number of nitrogens with one attached hydrogen (secondary N) is 1. The Morgan fingerprint density at radius 1 is 0.854 bits per heavy atom. The van der Waals surface area contributed by atoms with Crippen LogP contribution in [0.5, 0.6) is 0 Å². The molecular formula is C36H31N4S+. The first-order valence-corrected chi connectivity index (χ1v) is 15.4. The molecule has 0 fully saturated rings. The maximum atomic E-state index is 3.73. The number of thiophene rings is 1. The van der Waals surface area contributed by atoms with Crippen LogP contribution in [0.25, 0.3) is 37.6 Å². The molecule has 4 nitrogen and oxygen atoms in total. The highest BCUT2D eigenvalue weighted by Gasteiger charge is 2.47. The number of allylic oxidation sites excluding steroid dienone is 2. The van der Waals surface area contributed by atoms with Gasteiger partial charge in [0.2, 0.25) is 5.00 Å². The van der Waals surface area contributed by atoms with Gasteiger partial charge in [-0.15, -0.1) is 0 Å². The molecule has 0 bridgehead atoms. The van der Waals surface area contributed by atoms with Gasteiger partial charge in [0.25, 0.3) is 0 Å². The molecule has 2 aliphatic heterocycles. The van der Waals surface area contributed by atoms with Crippen LogP contribution >= 0.6 is 11.3 Å². The number of hydrogen-bond donors (Lipinski definition) is 2. The fraction of sp³-hybridized carbons (Fsp3) is 0.167. The smallest absolute Gasteiger partial charge is 0.209 e. The summed E-state index contributed by atoms with van der Waals surface area (Å²) < 4.78 is 3.77. The molecule has 3 atom stereocenters. The second-order valence-electron chi connectivity index (χ2n) is 11.9. The predicted molar refractivity (Wildman–Crippen MR) is 174 cm³/mol. The van der Waals surface area contributed by atoms with E-state index in [1.54, 1.807) is 0 Å². The van der Waals surface area contributed by atoms with E-state index in [4.69, 9.17) is 0 Å². The molecular weight excluding hydrogens is 520 g/mol. The van der Waals surface area contributed by atoms with E-state index in [0.29, 0.717) is 6.04 Å². The van der Waals surface area contributed by atoms with Crippen molar-refractivity contribution in [3.63, 3.8) is 0 Å². The summed E-state index contributed by atoms with van der Waals surface area (Å²) in [7, 11) is 0. The lowest BCUT2D eigenvalue weighted by atomic mass is 9.80. The van der Waals surface area contributed by atoms with Crippen molar-refractivity contribution < 1.29 is 5.32 Å². The van der Waals surface area contributed by atoms with Crippen LogP contribution in [0.15, 0.2) is 109 Å². The van der Waals surface area contributed by atoms with Crippen LogP contribution in [0, 0.1) is 0 Å². The number of nitrogens with zero attached hydrogens (tertiary/aromatic N) is 2. The third kappa shape index (κ3) is 3.19. The Morgan fingerprint density at radius 2 is 1.61 bits per heavy atom. The van der Waals surface area contributed by atoms with Gasteiger partial charge in [0.05, 0.1) is 22.6 Å². The van der Waals surface area contributed by atoms with E-state index >= 15 is 0 Å². The van der Waals surface area contributed by atoms with E-state index in [1.165, 1.54) is 65.2 Å². The summed E-state index contributed by atoms with van der Waals surface area (Å²) in [5.74, 6) is 0.263. The largest absolute Gasteiger partial charge is 0.371 e. The van der Waals surface area contributed by atoms with Crippen LogP contribution in [0.3, 0.4) is 0 Å². The molecule has 0 radical (unpaired) electrons. The molecule has 5 heteroatoms. The van der Waals surface area contributed by atoms with Gasteiger partial charge in [0.1, 0.15) is 12.2 Å². The summed E-state index contributed by atoms with van der Waals surface area (Å²) in [6.07, 6.45) is 9.20. The molecule has 3 aliphatic rings. The molecule has 200 valence electrons. The molecule has 0 amide bonds. The Balaban J connectivity index is 1.23. The Labute approximate surface area is 243 Å². The standard InChI is InChI=1S/C36H30N4S/c1-22-21-37-35-34(38-22)27-16-14-24(20-33(27)41-35)40-32-17-15-23(19-28(32)29-11-7-8-18-36(29,40)2)39-30-12-5-3-9-25(30)26-10-4-6-13-31(26)39/h3-20,22,29,37-38H,21H2,1-2H3/p+1. The summed E-state index contributed by atoms with van der Waals surface area (Å²) in [6.45, 7) is 5.73. The average Bonchev–Trinajstić information content (AvgIpc) is 3.61. The van der Waals surface area contributed by atoms with Gasteiger partial charge in [-0.3, -0.25) is 0 Å². The maximum Gasteiger partial charge on any atom is 0.209 e. The van der Waals surface area contributed by atoms with Gasteiger partial charge in [-0.25, -0.2) is 0 Å². The fourth-order valence-corrected chi connectivity index (χ4v) is 8.64. The first kappa shape index (κ1) is 23.4. The molecule has 0 spiro atoms. The van der Waals surface area contributed by atoms with Gasteiger partial charge in [-0.2, -0.15) is 0 Å². The summed E-state index contributed by atoms with van der Waals surface area (Å²) in [4.78, 5) is 2.57. The van der Waals surface area contributed by atoms with Crippen LogP contribution in [-0.4, -0.2) is 22.7 Å². The molecule has 4 heterocycles. The van der Waals surface area contributed by atoms with Gasteiger partial charge < -0.3 is 20.1 Å². The van der Waals surface area contributed by atoms with Crippen LogP contribution in [0.4, 0.5) is 22.1 Å². The van der Waals surface area contributed by atoms with Crippen molar-refractivity contribution in [1.82, 2.24) is 4.57 Å². The monoisotopic (exact) mass is 551 g/mol. The second-order valence-corrected chi connectivity index (χ2v) is 13.0. The molecule has 3 unspecified atom stereocenters. The van der Waals surface area contributed by atoms with Crippen molar-refractivity contribution in [3.05, 3.63) is 115 Å². The summed E-state index contributed by atoms with van der Waals surface area (Å²) >= 11 is 1.91. The number of aromatic nitrogens is 1. The van der Waals surface area contributed by atoms with Gasteiger partial charge in [0.15, 0.2) is 0 Å². The normalized spacial score (nSPS) is 22.7. The third-order valence-electron chi connectivity index (χ3n) is 9.39. The Kier molecular flexibility index (Phi) is 4.76. The van der Waals surface area contributed by atoms with Crippen molar-refractivity contribution in [1.29, 1.82) is 0 Å². The van der Waals surface area contributed by atoms with Crippen LogP contribution in [0.2, 0.25) is 0 Å². The molecule has 1 aliphatic carbocycles. The van der Waals surface area contributed by atoms with E-state index in [2.05, 4.69) is 143 Å². The average molecular weight is 552 g/mol. The zero-order valence-electron chi connectivity index (χ0n) is 23.1. The minimum Gasteiger partial charge on any atom is -0.371 e. The highest BCUT2D eigenvalue weighted by molar-refractivity contribution is 7.23. The molecule has 4 aromatic carbocycles. The number of nitrogens with two attached hydrogens (primary N) is 1. The maximum absolute atomic E-state index is 3.73. The van der Waals surface area contributed by atoms with E-state index in [9.17, 15) is 0 Å². The number of para-hydroxylation sites is 2. The fourth-order valence-electron chi connectivity index (χ4n) is 7.49. The zero-order chi connectivity index (χ0) is 27.3. The number of anilines is 3. The topological polar surface area (TPSA) is 36.8 Å². The van der Waals surface area contributed by atoms with E-state index in [-0.39, 0.29) is 11.5 Å². The Hall–Kier alpha value is -4.32. The quantitative estimate of drug-likeness (QED) is 0.228. The lowest BCUT2D eigenvalue weighted by Crippen LogP contribution is -2.82. The van der Waals surface area contributed by atoms with Gasteiger partial charge in [-0.1, -0.05) is 72.0 Å². The van der Waals surface area contributed by atoms with E-state index in [1.807, 2.05) is 11.3 Å². The second kappa shape index (κ2) is 8.35. The van der Waals surface area contributed by atoms with Crippen molar-refractivity contribution in [2.45, 2.75) is 31.3 Å². The van der Waals surface area contributed by atoms with Crippen LogP contribution < -0.4 is 15.5 Å². The van der Waals surface area contributed by atoms with E-state index in [0.717, 1.165) is 6.54 Å². The van der Waals surface area contributed by atoms with Gasteiger partial charge >= 0.3 is 0 Å². The van der Waals surface area contributed by atoms with Crippen LogP contribution in [0.1, 0.15) is 25.3 Å². The summed E-state index contributed by atoms with van der Waals surface area (Å²) in [6, 6.07) is 32.1. The molecule has 3 N–H and O–H groups in total. The zero-order valence-corrected chi connectivity index (χ0v) is 24.0. The molecule has 2 aromatic heterocycles. The lowest BCUT2D eigenvalue weighted by Gasteiger charge is -2.39. The van der Waals surface area contributed by atoms with Crippen molar-refractivity contribution in [3.8, 4) is 5.69 Å². The number of benzene rings is 4.